The van der Waals surface area contributed by atoms with Crippen LogP contribution in [0, 0.1) is 17.6 Å². The number of nitrogens with one attached hydrogen (secondary N) is 1. The molecule has 2 aliphatic rings. The maximum Gasteiger partial charge on any atom is 0.226 e. The average molecular weight is 331 g/mol. The lowest BCUT2D eigenvalue weighted by atomic mass is 10.0. The summed E-state index contributed by atoms with van der Waals surface area (Å²) >= 11 is 0. The van der Waals surface area contributed by atoms with Crippen LogP contribution in [-0.2, 0) is 4.79 Å². The Hall–Kier alpha value is -1.20. The van der Waals surface area contributed by atoms with Gasteiger partial charge in [0.25, 0.3) is 0 Å². The van der Waals surface area contributed by atoms with Gasteiger partial charge in [-0.15, -0.1) is 12.4 Å². The fraction of sp³-hybridized carbons (Fsp3) is 0.562. The Morgan fingerprint density at radius 1 is 1.32 bits per heavy atom. The third-order valence-electron chi connectivity index (χ3n) is 4.79. The van der Waals surface area contributed by atoms with E-state index in [4.69, 9.17) is 0 Å². The van der Waals surface area contributed by atoms with Gasteiger partial charge in [0, 0.05) is 37.2 Å². The predicted molar refractivity (Wildman–Crippen MR) is 83.1 cm³/mol. The van der Waals surface area contributed by atoms with E-state index in [1.165, 1.54) is 12.1 Å². The van der Waals surface area contributed by atoms with Crippen LogP contribution in [0.15, 0.2) is 18.2 Å². The second-order valence-electron chi connectivity index (χ2n) is 6.13. The summed E-state index contributed by atoms with van der Waals surface area (Å²) in [7, 11) is 0. The van der Waals surface area contributed by atoms with Crippen LogP contribution in [0.3, 0.4) is 0 Å². The van der Waals surface area contributed by atoms with Gasteiger partial charge in [-0.1, -0.05) is 6.07 Å². The number of piperazine rings is 1. The van der Waals surface area contributed by atoms with Gasteiger partial charge in [0.1, 0.15) is 11.6 Å². The van der Waals surface area contributed by atoms with Gasteiger partial charge in [0.15, 0.2) is 0 Å². The summed E-state index contributed by atoms with van der Waals surface area (Å²) in [5.74, 6) is -1.28. The summed E-state index contributed by atoms with van der Waals surface area (Å²) in [4.78, 5) is 14.5. The molecule has 122 valence electrons. The highest BCUT2D eigenvalue weighted by Crippen LogP contribution is 2.49. The fourth-order valence-electron chi connectivity index (χ4n) is 3.19. The Labute approximate surface area is 135 Å². The molecule has 6 heteroatoms. The highest BCUT2D eigenvalue weighted by Gasteiger charge is 2.48. The summed E-state index contributed by atoms with van der Waals surface area (Å²) in [5, 5.41) is 3.34. The highest BCUT2D eigenvalue weighted by atomic mass is 35.5. The van der Waals surface area contributed by atoms with E-state index >= 15 is 0 Å². The van der Waals surface area contributed by atoms with Gasteiger partial charge in [-0.2, -0.15) is 0 Å². The third kappa shape index (κ3) is 3.10. The molecule has 0 spiro atoms. The van der Waals surface area contributed by atoms with Crippen LogP contribution in [0.1, 0.15) is 31.7 Å². The fourth-order valence-corrected chi connectivity index (χ4v) is 3.19. The molecule has 4 unspecified atom stereocenters. The van der Waals surface area contributed by atoms with Gasteiger partial charge in [0.05, 0.1) is 0 Å². The maximum atomic E-state index is 13.8. The van der Waals surface area contributed by atoms with Crippen molar-refractivity contribution in [1.82, 2.24) is 10.2 Å². The van der Waals surface area contributed by atoms with Gasteiger partial charge in [0.2, 0.25) is 5.91 Å². The Morgan fingerprint density at radius 3 is 2.73 bits per heavy atom. The van der Waals surface area contributed by atoms with Crippen molar-refractivity contribution in [2.75, 3.05) is 13.1 Å². The van der Waals surface area contributed by atoms with Crippen LogP contribution < -0.4 is 5.32 Å². The van der Waals surface area contributed by atoms with E-state index in [-0.39, 0.29) is 42.2 Å². The van der Waals surface area contributed by atoms with Crippen LogP contribution in [0.25, 0.3) is 0 Å². The molecule has 1 saturated carbocycles. The molecule has 1 aliphatic carbocycles. The van der Waals surface area contributed by atoms with Crippen molar-refractivity contribution in [2.24, 2.45) is 5.92 Å². The summed E-state index contributed by atoms with van der Waals surface area (Å²) in [5.41, 5.74) is 0.464. The first-order valence-electron chi connectivity index (χ1n) is 7.48. The van der Waals surface area contributed by atoms with E-state index in [1.54, 1.807) is 0 Å². The molecule has 4 atom stereocenters. The van der Waals surface area contributed by atoms with Crippen LogP contribution >= 0.6 is 12.4 Å². The third-order valence-corrected chi connectivity index (χ3v) is 4.79. The van der Waals surface area contributed by atoms with Gasteiger partial charge in [-0.3, -0.25) is 4.79 Å². The quantitative estimate of drug-likeness (QED) is 0.904. The van der Waals surface area contributed by atoms with Crippen molar-refractivity contribution in [3.63, 3.8) is 0 Å². The lowest BCUT2D eigenvalue weighted by Crippen LogP contribution is -2.57. The second-order valence-corrected chi connectivity index (χ2v) is 6.13. The van der Waals surface area contributed by atoms with Crippen molar-refractivity contribution in [2.45, 2.75) is 38.3 Å². The SMILES string of the molecule is CC1NCCN(C(=O)C2CC2c2ccc(F)cc2F)C1C.Cl. The standard InChI is InChI=1S/C16H20F2N2O.ClH/c1-9-10(2)20(6-5-19-9)16(21)14-8-13(14)12-4-3-11(17)7-15(12)18;/h3-4,7,9-10,13-14,19H,5-6,8H2,1-2H3;1H. The summed E-state index contributed by atoms with van der Waals surface area (Å²) < 4.78 is 26.7. The molecule has 3 nitrogen and oxygen atoms in total. The van der Waals surface area contributed by atoms with Crippen molar-refractivity contribution in [1.29, 1.82) is 0 Å². The highest BCUT2D eigenvalue weighted by molar-refractivity contribution is 5.85. The number of carbonyl (C=O) groups excluding carboxylic acids is 1. The van der Waals surface area contributed by atoms with Crippen LogP contribution in [0.4, 0.5) is 8.78 Å². The van der Waals surface area contributed by atoms with Gasteiger partial charge < -0.3 is 10.2 Å². The zero-order chi connectivity index (χ0) is 15.1. The Balaban J connectivity index is 0.00000176. The summed E-state index contributed by atoms with van der Waals surface area (Å²) in [6.07, 6.45) is 0.659. The molecular weight excluding hydrogens is 310 g/mol. The molecule has 1 aromatic rings. The summed E-state index contributed by atoms with van der Waals surface area (Å²) in [6.45, 7) is 5.58. The minimum absolute atomic E-state index is 0. The van der Waals surface area contributed by atoms with E-state index in [0.29, 0.717) is 18.5 Å². The van der Waals surface area contributed by atoms with E-state index in [1.807, 2.05) is 11.8 Å². The van der Waals surface area contributed by atoms with Gasteiger partial charge >= 0.3 is 0 Å². The van der Waals surface area contributed by atoms with E-state index in [0.717, 1.165) is 12.6 Å². The molecule has 1 heterocycles. The summed E-state index contributed by atoms with van der Waals surface area (Å²) in [6, 6.07) is 4.03. The van der Waals surface area contributed by atoms with Gasteiger partial charge in [-0.05, 0) is 37.8 Å². The van der Waals surface area contributed by atoms with Crippen LogP contribution in [0.5, 0.6) is 0 Å². The predicted octanol–water partition coefficient (Wildman–Crippen LogP) is 2.70. The minimum Gasteiger partial charge on any atom is -0.337 e. The van der Waals surface area contributed by atoms with Crippen molar-refractivity contribution in [3.8, 4) is 0 Å². The van der Waals surface area contributed by atoms with Gasteiger partial charge in [-0.25, -0.2) is 8.78 Å². The molecule has 1 N–H and O–H groups in total. The normalized spacial score (nSPS) is 30.6. The average Bonchev–Trinajstić information content (AvgIpc) is 3.21. The molecule has 0 aromatic heterocycles. The number of benzene rings is 1. The topological polar surface area (TPSA) is 32.3 Å². The molecule has 0 radical (unpaired) electrons. The molecule has 1 aromatic carbocycles. The number of rotatable bonds is 2. The molecule has 3 rings (SSSR count). The lowest BCUT2D eigenvalue weighted by Gasteiger charge is -2.38. The monoisotopic (exact) mass is 330 g/mol. The van der Waals surface area contributed by atoms with Crippen molar-refractivity contribution < 1.29 is 13.6 Å². The largest absolute Gasteiger partial charge is 0.337 e. The van der Waals surface area contributed by atoms with Crippen LogP contribution in [-0.4, -0.2) is 36.0 Å². The number of nitrogens with zero attached hydrogens (tertiary/aromatic N) is 1. The van der Waals surface area contributed by atoms with E-state index in [2.05, 4.69) is 12.2 Å². The molecule has 1 aliphatic heterocycles. The number of hydrogen-bond donors (Lipinski definition) is 1. The smallest absolute Gasteiger partial charge is 0.226 e. The molecular formula is C16H21ClF2N2O. The zero-order valence-electron chi connectivity index (χ0n) is 12.7. The van der Waals surface area contributed by atoms with E-state index < -0.39 is 11.6 Å². The Bertz CT molecular complexity index is 569. The van der Waals surface area contributed by atoms with Crippen LogP contribution in [0.2, 0.25) is 0 Å². The van der Waals surface area contributed by atoms with Crippen molar-refractivity contribution in [3.05, 3.63) is 35.4 Å². The van der Waals surface area contributed by atoms with E-state index in [9.17, 15) is 13.6 Å². The number of halogens is 3. The Kier molecular flexibility index (Phi) is 5.07. The maximum absolute atomic E-state index is 13.8. The first kappa shape index (κ1) is 17.2. The Morgan fingerprint density at radius 2 is 2.05 bits per heavy atom. The zero-order valence-corrected chi connectivity index (χ0v) is 13.5. The molecule has 0 bridgehead atoms. The minimum atomic E-state index is -0.579. The number of carbonyl (C=O) groups is 1. The lowest BCUT2D eigenvalue weighted by molar-refractivity contribution is -0.136. The first-order chi connectivity index (χ1) is 9.99. The number of amides is 1. The molecule has 22 heavy (non-hydrogen) atoms. The molecule has 1 amide bonds. The first-order valence-corrected chi connectivity index (χ1v) is 7.48. The number of hydrogen-bond acceptors (Lipinski definition) is 2. The molecule has 2 fully saturated rings. The second kappa shape index (κ2) is 6.50. The van der Waals surface area contributed by atoms with Crippen molar-refractivity contribution >= 4 is 18.3 Å². The molecule has 1 saturated heterocycles.